The van der Waals surface area contributed by atoms with Gasteiger partial charge in [-0.1, -0.05) is 70.2 Å². The third kappa shape index (κ3) is 23.1. The third-order valence-electron chi connectivity index (χ3n) is 13.3. The molecular formula is C53H72B8N5O13PS. The number of ketones is 3. The van der Waals surface area contributed by atoms with Crippen molar-refractivity contribution in [3.63, 3.8) is 0 Å². The summed E-state index contributed by atoms with van der Waals surface area (Å²) in [5.74, 6) is -9.60. The molecule has 5 unspecified atom stereocenters. The fourth-order valence-electron chi connectivity index (χ4n) is 9.12. The zero-order valence-electron chi connectivity index (χ0n) is 47.8. The number of nitrogens with one attached hydrogen (secondary N) is 5. The molecule has 10 radical (unpaired) electrons. The van der Waals surface area contributed by atoms with E-state index < -0.39 is 136 Å². The minimum atomic E-state index is -2.79. The predicted molar refractivity (Wildman–Crippen MR) is 323 cm³/mol. The fraction of sp³-hybridized carbons (Fsp3) is 0.566. The van der Waals surface area contributed by atoms with E-state index in [9.17, 15) is 52.7 Å². The number of hydrogen-bond donors (Lipinski definition) is 5. The molecule has 81 heavy (non-hydrogen) atoms. The van der Waals surface area contributed by atoms with Crippen molar-refractivity contribution in [1.82, 2.24) is 26.6 Å². The Kier molecular flexibility index (Phi) is 29.1. The van der Waals surface area contributed by atoms with Gasteiger partial charge >= 0.3 is 180 Å². The molecule has 0 fully saturated rings. The van der Waals surface area contributed by atoms with Crippen LogP contribution in [-0.2, 0) is 57.4 Å². The molecule has 28 heteroatoms. The van der Waals surface area contributed by atoms with Crippen LogP contribution in [0.15, 0.2) is 48.5 Å². The quantitative estimate of drug-likeness (QED) is 0.0392. The van der Waals surface area contributed by atoms with E-state index in [0.717, 1.165) is 34.3 Å². The summed E-state index contributed by atoms with van der Waals surface area (Å²) in [5.41, 5.74) is 2.65. The molecule has 3 rings (SSSR count). The number of ether oxygens (including phenoxy) is 2. The van der Waals surface area contributed by atoms with E-state index in [0.29, 0.717) is 6.42 Å². The van der Waals surface area contributed by atoms with Crippen molar-refractivity contribution in [2.75, 3.05) is 39.5 Å². The molecule has 5 N–H and O–H groups in total. The van der Waals surface area contributed by atoms with Gasteiger partial charge < -0.3 is 25.4 Å². The first-order valence-electron chi connectivity index (χ1n) is 27.0. The van der Waals surface area contributed by atoms with Crippen LogP contribution in [0.4, 0.5) is 4.79 Å². The number of carbonyl (C=O) groups excluding carboxylic acids is 11. The SMILES string of the molecule is [B]B=S(=B[B])(B([B])[B])C(=O)CNC(=O)C(CC(=O)CNC(=O)C(CCC(=O)NCC(=O)CC(CC(C)C)C(=O)NCC(=O)P([B])C)CC(=O)CCC(NC(=O)OCC1c2ccccc2-c2ccccc21)C(=O)OC(C)(C)C)CC(C)C. The summed E-state index contributed by atoms with van der Waals surface area (Å²) in [7, 11) is 24.4. The van der Waals surface area contributed by atoms with Gasteiger partial charge in [0.15, 0.2) is 11.3 Å². The van der Waals surface area contributed by atoms with Crippen LogP contribution in [0, 0.1) is 29.6 Å². The first-order valence-corrected chi connectivity index (χ1v) is 30.7. The molecule has 0 saturated heterocycles. The molecule has 0 aliphatic heterocycles. The van der Waals surface area contributed by atoms with Gasteiger partial charge in [-0.25, -0.2) is 9.59 Å². The molecule has 5 atom stereocenters. The summed E-state index contributed by atoms with van der Waals surface area (Å²) in [5, 5.41) is 12.0. The van der Waals surface area contributed by atoms with Crippen molar-refractivity contribution in [2.24, 2.45) is 29.6 Å². The fourth-order valence-corrected chi connectivity index (χ4v) is 10.8. The van der Waals surface area contributed by atoms with Crippen LogP contribution in [0.3, 0.4) is 0 Å². The van der Waals surface area contributed by atoms with Crippen LogP contribution in [0.1, 0.15) is 123 Å². The molecule has 0 aromatic heterocycles. The topological polar surface area (TPSA) is 266 Å². The Morgan fingerprint density at radius 1 is 0.654 bits per heavy atom. The number of hydrogen-bond acceptors (Lipinski definition) is 13. The van der Waals surface area contributed by atoms with E-state index in [1.807, 2.05) is 76.2 Å². The Morgan fingerprint density at radius 3 is 1.60 bits per heavy atom. The van der Waals surface area contributed by atoms with Gasteiger partial charge in [0.05, 0.1) is 13.1 Å². The van der Waals surface area contributed by atoms with Gasteiger partial charge in [-0.3, -0.25) is 24.0 Å². The molecule has 2 aromatic carbocycles. The normalized spacial score (nSPS) is 13.8. The first-order chi connectivity index (χ1) is 38.0. The van der Waals surface area contributed by atoms with Crippen molar-refractivity contribution < 1.29 is 62.2 Å². The summed E-state index contributed by atoms with van der Waals surface area (Å²) in [6.07, 6.45) is -2.72. The van der Waals surface area contributed by atoms with Crippen molar-refractivity contribution in [3.8, 4) is 11.1 Å². The van der Waals surface area contributed by atoms with E-state index in [2.05, 4.69) is 26.6 Å². The van der Waals surface area contributed by atoms with Gasteiger partial charge in [0.2, 0.25) is 11.8 Å². The Balaban J connectivity index is 1.77. The van der Waals surface area contributed by atoms with Crippen molar-refractivity contribution in [2.45, 2.75) is 124 Å². The van der Waals surface area contributed by atoms with Crippen LogP contribution in [0.25, 0.3) is 11.1 Å². The maximum atomic E-state index is 14.0. The monoisotopic (exact) mass is 1140 g/mol. The molecule has 0 spiro atoms. The van der Waals surface area contributed by atoms with Crippen LogP contribution in [0.2, 0.25) is 0 Å². The summed E-state index contributed by atoms with van der Waals surface area (Å²) < 4.78 is 11.3. The van der Waals surface area contributed by atoms with E-state index >= 15 is 0 Å². The van der Waals surface area contributed by atoms with Gasteiger partial charge in [0, 0.05) is 37.5 Å². The first kappa shape index (κ1) is 70.0. The van der Waals surface area contributed by atoms with Crippen LogP contribution in [-0.4, -0.2) is 171 Å². The van der Waals surface area contributed by atoms with Crippen molar-refractivity contribution in [3.05, 3.63) is 59.7 Å². The Labute approximate surface area is 486 Å². The second-order valence-corrected chi connectivity index (χ2v) is 26.8. The molecule has 0 bridgehead atoms. The van der Waals surface area contributed by atoms with Gasteiger partial charge in [0.1, 0.15) is 31.6 Å². The number of benzene rings is 2. The van der Waals surface area contributed by atoms with Gasteiger partial charge in [0.25, 0.3) is 0 Å². The minimum absolute atomic E-state index is 0.0110. The molecule has 1 aliphatic rings. The Bertz CT molecular complexity index is 2690. The van der Waals surface area contributed by atoms with Gasteiger partial charge in [-0.05, 0) is 74.9 Å². The average molecular weight is 1140 g/mol. The predicted octanol–water partition coefficient (Wildman–Crippen LogP) is 2.86. The molecule has 18 nitrogen and oxygen atoms in total. The molecule has 2 aromatic rings. The average Bonchev–Trinajstić information content (AvgIpc) is 4.02. The second-order valence-electron chi connectivity index (χ2n) is 22.0. The molecular weight excluding hydrogens is 1060 g/mol. The molecule has 0 saturated carbocycles. The van der Waals surface area contributed by atoms with Gasteiger partial charge in [-0.2, -0.15) is 0 Å². The van der Waals surface area contributed by atoms with Crippen LogP contribution in [0.5, 0.6) is 0 Å². The van der Waals surface area contributed by atoms with Crippen molar-refractivity contribution in [1.29, 1.82) is 0 Å². The van der Waals surface area contributed by atoms with E-state index in [1.165, 1.54) is 0 Å². The van der Waals surface area contributed by atoms with Crippen molar-refractivity contribution >= 4 is 137 Å². The number of alkyl carbamates (subject to hydrolysis) is 1. The summed E-state index contributed by atoms with van der Waals surface area (Å²) in [6.45, 7) is 11.9. The summed E-state index contributed by atoms with van der Waals surface area (Å²) >= 11 is 0. The number of rotatable bonds is 33. The number of esters is 1. The summed E-state index contributed by atoms with van der Waals surface area (Å²) in [4.78, 5) is 146. The number of carbonyl (C=O) groups is 11. The second kappa shape index (κ2) is 33.7. The number of fused-ring (bicyclic) bond motifs is 3. The third-order valence-corrected chi connectivity index (χ3v) is 16.9. The molecule has 422 valence electrons. The van der Waals surface area contributed by atoms with E-state index in [4.69, 9.17) is 48.0 Å². The zero-order chi connectivity index (χ0) is 60.8. The maximum absolute atomic E-state index is 14.0. The van der Waals surface area contributed by atoms with Crippen LogP contribution >= 0.6 is 16.5 Å². The standard InChI is InChI=1S/C53H72B8N5O13PS/c1-31(2)21-34(49(74)64-28-46(71)80(8)58)24-37(68)26-62-45(70)20-17-33(48(73)63-27-38(69)25-35(22-32(3)4)50(75)65-29-47(72)81(59-54,60-55)61(56)57)23-36(67)18-19-44(51(76)79-53(5,6)7)66-52(77)78-30-43-41-15-11-9-13-39(41)40-14-10-12-16-42(40)43/h9-16,31-35,43-44H,17-30H2,1-8H3,(H,62,70)(H,63,73)(H,64,74)(H,65,75)(H,66,77). The van der Waals surface area contributed by atoms with Crippen LogP contribution < -0.4 is 26.6 Å². The van der Waals surface area contributed by atoms with Gasteiger partial charge in [-0.15, -0.1) is 0 Å². The number of Topliss-reactive ketones (excluding diaryl/α,β-unsaturated/α-hetero) is 3. The van der Waals surface area contributed by atoms with E-state index in [-0.39, 0.29) is 81.4 Å². The Morgan fingerprint density at radius 2 is 1.12 bits per heavy atom. The molecule has 0 heterocycles. The molecule has 5 amide bonds. The Hall–Kier alpha value is -5.29. The zero-order valence-corrected chi connectivity index (χ0v) is 49.6. The van der Waals surface area contributed by atoms with E-state index in [1.54, 1.807) is 27.4 Å². The molecule has 1 aliphatic carbocycles. The number of amides is 5. The summed E-state index contributed by atoms with van der Waals surface area (Å²) in [6, 6.07) is 16.2.